The molecule has 0 saturated carbocycles. The third-order valence-corrected chi connectivity index (χ3v) is 5.08. The van der Waals surface area contributed by atoms with Gasteiger partial charge in [0.1, 0.15) is 18.2 Å². The summed E-state index contributed by atoms with van der Waals surface area (Å²) >= 11 is 0. The largest absolute Gasteiger partial charge is 0.453 e. The minimum Gasteiger partial charge on any atom is -0.453 e. The lowest BCUT2D eigenvalue weighted by Gasteiger charge is -2.32. The van der Waals surface area contributed by atoms with Crippen molar-refractivity contribution in [3.63, 3.8) is 0 Å². The summed E-state index contributed by atoms with van der Waals surface area (Å²) in [5.74, 6) is 2.19. The summed E-state index contributed by atoms with van der Waals surface area (Å²) in [4.78, 5) is 23.4. The van der Waals surface area contributed by atoms with Crippen molar-refractivity contribution in [1.82, 2.24) is 19.4 Å². The molecule has 1 aliphatic rings. The first-order valence-corrected chi connectivity index (χ1v) is 9.51. The molecule has 0 aromatic carbocycles. The number of furan rings is 1. The number of amides is 1. The van der Waals surface area contributed by atoms with Gasteiger partial charge in [0.15, 0.2) is 5.76 Å². The van der Waals surface area contributed by atoms with Gasteiger partial charge in [-0.05, 0) is 42.7 Å². The number of imidazole rings is 1. The lowest BCUT2D eigenvalue weighted by atomic mass is 9.96. The van der Waals surface area contributed by atoms with Crippen LogP contribution in [0.1, 0.15) is 46.5 Å². The molecule has 0 radical (unpaired) electrons. The van der Waals surface area contributed by atoms with Gasteiger partial charge in [-0.15, -0.1) is 0 Å². The minimum atomic E-state index is -0.0701. The summed E-state index contributed by atoms with van der Waals surface area (Å²) < 4.78 is 12.8. The van der Waals surface area contributed by atoms with Crippen molar-refractivity contribution >= 4 is 5.91 Å². The average molecular weight is 380 g/mol. The Morgan fingerprint density at radius 1 is 1.25 bits per heavy atom. The SMILES string of the molecule is COCc1ccc(C(=O)N2CCC[C@H](c3nccn3Cc3ccncc3)C2)o1. The first-order valence-electron chi connectivity index (χ1n) is 9.51. The van der Waals surface area contributed by atoms with E-state index >= 15 is 0 Å². The maximum absolute atomic E-state index is 12.9. The quantitative estimate of drug-likeness (QED) is 0.657. The number of nitrogens with zero attached hydrogens (tertiary/aromatic N) is 4. The molecule has 0 spiro atoms. The monoisotopic (exact) mass is 380 g/mol. The molecule has 7 nitrogen and oxygen atoms in total. The van der Waals surface area contributed by atoms with Gasteiger partial charge in [-0.1, -0.05) is 0 Å². The average Bonchev–Trinajstić information content (AvgIpc) is 3.38. The van der Waals surface area contributed by atoms with E-state index in [-0.39, 0.29) is 11.8 Å². The maximum Gasteiger partial charge on any atom is 0.289 e. The molecule has 3 aromatic heterocycles. The summed E-state index contributed by atoms with van der Waals surface area (Å²) in [6.45, 7) is 2.50. The molecular weight excluding hydrogens is 356 g/mol. The topological polar surface area (TPSA) is 73.4 Å². The van der Waals surface area contributed by atoms with Gasteiger partial charge in [-0.25, -0.2) is 4.98 Å². The highest BCUT2D eigenvalue weighted by atomic mass is 16.5. The molecule has 28 heavy (non-hydrogen) atoms. The molecular formula is C21H24N4O3. The normalized spacial score (nSPS) is 17.0. The number of ether oxygens (including phenoxy) is 1. The number of hydrogen-bond donors (Lipinski definition) is 0. The number of carbonyl (C=O) groups is 1. The van der Waals surface area contributed by atoms with Crippen LogP contribution in [-0.4, -0.2) is 45.5 Å². The Hall–Kier alpha value is -2.93. The molecule has 7 heteroatoms. The minimum absolute atomic E-state index is 0.0701. The van der Waals surface area contributed by atoms with Gasteiger partial charge in [0.25, 0.3) is 5.91 Å². The first kappa shape index (κ1) is 18.4. The summed E-state index contributed by atoms with van der Waals surface area (Å²) in [6.07, 6.45) is 9.40. The van der Waals surface area contributed by atoms with E-state index in [0.29, 0.717) is 24.7 Å². The molecule has 4 heterocycles. The summed E-state index contributed by atoms with van der Waals surface area (Å²) in [6, 6.07) is 7.54. The predicted molar refractivity (Wildman–Crippen MR) is 103 cm³/mol. The second-order valence-electron chi connectivity index (χ2n) is 7.06. The first-order chi connectivity index (χ1) is 13.7. The number of methoxy groups -OCH3 is 1. The Kier molecular flexibility index (Phi) is 5.53. The highest BCUT2D eigenvalue weighted by Gasteiger charge is 2.29. The van der Waals surface area contributed by atoms with Crippen LogP contribution in [0.5, 0.6) is 0 Å². The number of pyridine rings is 1. The fourth-order valence-electron chi connectivity index (χ4n) is 3.74. The van der Waals surface area contributed by atoms with Crippen LogP contribution in [0.25, 0.3) is 0 Å². The Morgan fingerprint density at radius 3 is 2.93 bits per heavy atom. The fraction of sp³-hybridized carbons (Fsp3) is 0.381. The van der Waals surface area contributed by atoms with Gasteiger partial charge in [0.2, 0.25) is 0 Å². The highest BCUT2D eigenvalue weighted by Crippen LogP contribution is 2.27. The molecule has 0 aliphatic carbocycles. The Bertz CT molecular complexity index is 919. The zero-order valence-electron chi connectivity index (χ0n) is 16.0. The predicted octanol–water partition coefficient (Wildman–Crippen LogP) is 3.09. The van der Waals surface area contributed by atoms with E-state index in [1.807, 2.05) is 29.4 Å². The standard InChI is InChI=1S/C21H24N4O3/c1-27-15-18-4-5-19(28-18)21(26)25-11-2-3-17(14-25)20-23-10-12-24(20)13-16-6-8-22-9-7-16/h4-10,12,17H,2-3,11,13-15H2,1H3/t17-/m0/s1. The van der Waals surface area contributed by atoms with E-state index in [4.69, 9.17) is 9.15 Å². The Morgan fingerprint density at radius 2 is 2.11 bits per heavy atom. The van der Waals surface area contributed by atoms with Crippen LogP contribution < -0.4 is 0 Å². The third kappa shape index (κ3) is 3.99. The zero-order chi connectivity index (χ0) is 19.3. The number of aromatic nitrogens is 3. The van der Waals surface area contributed by atoms with Crippen LogP contribution in [0.2, 0.25) is 0 Å². The van der Waals surface area contributed by atoms with Crippen molar-refractivity contribution in [1.29, 1.82) is 0 Å². The molecule has 1 saturated heterocycles. The molecule has 4 rings (SSSR count). The van der Waals surface area contributed by atoms with Crippen LogP contribution >= 0.6 is 0 Å². The van der Waals surface area contributed by atoms with Gasteiger partial charge in [0.05, 0.1) is 0 Å². The summed E-state index contributed by atoms with van der Waals surface area (Å²) in [5, 5.41) is 0. The summed E-state index contributed by atoms with van der Waals surface area (Å²) in [5.41, 5.74) is 1.18. The zero-order valence-corrected chi connectivity index (χ0v) is 16.0. The van der Waals surface area contributed by atoms with Gasteiger partial charge in [-0.3, -0.25) is 9.78 Å². The van der Waals surface area contributed by atoms with Crippen LogP contribution in [0.3, 0.4) is 0 Å². The van der Waals surface area contributed by atoms with E-state index in [9.17, 15) is 4.79 Å². The molecule has 1 fully saturated rings. The molecule has 1 atom stereocenters. The Balaban J connectivity index is 1.47. The second-order valence-corrected chi connectivity index (χ2v) is 7.06. The maximum atomic E-state index is 12.9. The van der Waals surface area contributed by atoms with Gasteiger partial charge in [0, 0.05) is 57.4 Å². The van der Waals surface area contributed by atoms with Gasteiger partial charge in [-0.2, -0.15) is 0 Å². The van der Waals surface area contributed by atoms with Gasteiger partial charge >= 0.3 is 0 Å². The van der Waals surface area contributed by atoms with Crippen molar-refractivity contribution in [3.05, 3.63) is 72.0 Å². The number of likely N-dealkylation sites (tertiary alicyclic amines) is 1. The number of rotatable bonds is 6. The van der Waals surface area contributed by atoms with Crippen LogP contribution in [0.15, 0.2) is 53.5 Å². The van der Waals surface area contributed by atoms with E-state index < -0.39 is 0 Å². The lowest BCUT2D eigenvalue weighted by Crippen LogP contribution is -2.39. The van der Waals surface area contributed by atoms with Crippen LogP contribution in [0.4, 0.5) is 0 Å². The van der Waals surface area contributed by atoms with E-state index in [2.05, 4.69) is 14.5 Å². The number of piperidine rings is 1. The molecule has 0 N–H and O–H groups in total. The van der Waals surface area contributed by atoms with Gasteiger partial charge < -0.3 is 18.6 Å². The van der Waals surface area contributed by atoms with E-state index in [1.165, 1.54) is 5.56 Å². The second kappa shape index (κ2) is 8.39. The number of carbonyl (C=O) groups excluding carboxylic acids is 1. The lowest BCUT2D eigenvalue weighted by molar-refractivity contribution is 0.0664. The molecule has 1 amide bonds. The van der Waals surface area contributed by atoms with Crippen molar-refractivity contribution in [2.24, 2.45) is 0 Å². The Labute approximate surface area is 164 Å². The third-order valence-electron chi connectivity index (χ3n) is 5.08. The smallest absolute Gasteiger partial charge is 0.289 e. The summed E-state index contributed by atoms with van der Waals surface area (Å²) in [7, 11) is 1.60. The molecule has 0 bridgehead atoms. The number of hydrogen-bond acceptors (Lipinski definition) is 5. The van der Waals surface area contributed by atoms with Crippen LogP contribution in [0, 0.1) is 0 Å². The van der Waals surface area contributed by atoms with Crippen molar-refractivity contribution in [3.8, 4) is 0 Å². The van der Waals surface area contributed by atoms with Crippen LogP contribution in [-0.2, 0) is 17.9 Å². The van der Waals surface area contributed by atoms with Crippen molar-refractivity contribution in [2.75, 3.05) is 20.2 Å². The molecule has 0 unspecified atom stereocenters. The fourth-order valence-corrected chi connectivity index (χ4v) is 3.74. The highest BCUT2D eigenvalue weighted by molar-refractivity contribution is 5.91. The molecule has 146 valence electrons. The van der Waals surface area contributed by atoms with Crippen molar-refractivity contribution < 1.29 is 13.9 Å². The van der Waals surface area contributed by atoms with E-state index in [1.54, 1.807) is 31.6 Å². The van der Waals surface area contributed by atoms with E-state index in [0.717, 1.165) is 31.8 Å². The molecule has 1 aliphatic heterocycles. The molecule has 3 aromatic rings. The van der Waals surface area contributed by atoms with Crippen molar-refractivity contribution in [2.45, 2.75) is 31.9 Å².